The van der Waals surface area contributed by atoms with E-state index in [1.54, 1.807) is 12.1 Å². The molecule has 0 amide bonds. The molecule has 0 fully saturated rings. The van der Waals surface area contributed by atoms with Crippen molar-refractivity contribution in [1.29, 1.82) is 0 Å². The topological polar surface area (TPSA) is 38.9 Å². The van der Waals surface area contributed by atoms with Crippen LogP contribution in [-0.2, 0) is 0 Å². The number of pyridine rings is 1. The zero-order valence-electron chi connectivity index (χ0n) is 9.79. The second-order valence-corrected chi connectivity index (χ2v) is 4.25. The number of hydrogen-bond donors (Lipinski definition) is 1. The van der Waals surface area contributed by atoms with Gasteiger partial charge in [0.15, 0.2) is 0 Å². The maximum atomic E-state index is 13.7. The number of rotatable bonds is 1. The van der Waals surface area contributed by atoms with E-state index in [0.29, 0.717) is 16.7 Å². The number of halogens is 1. The number of benzene rings is 1. The van der Waals surface area contributed by atoms with E-state index in [2.05, 4.69) is 10.9 Å². The molecule has 0 atom stereocenters. The minimum atomic E-state index is -0.395. The summed E-state index contributed by atoms with van der Waals surface area (Å²) in [6, 6.07) is 4.69. The van der Waals surface area contributed by atoms with Gasteiger partial charge in [0.05, 0.1) is 11.1 Å². The van der Waals surface area contributed by atoms with Crippen LogP contribution in [0.5, 0.6) is 0 Å². The Morgan fingerprint density at radius 2 is 2.12 bits per heavy atom. The van der Waals surface area contributed by atoms with Crippen molar-refractivity contribution in [3.05, 3.63) is 35.1 Å². The van der Waals surface area contributed by atoms with Crippen LogP contribution in [0.25, 0.3) is 10.9 Å². The molecule has 1 heterocycles. The van der Waals surface area contributed by atoms with Crippen LogP contribution in [0.15, 0.2) is 18.2 Å². The largest absolute Gasteiger partial charge is 0.384 e. The van der Waals surface area contributed by atoms with E-state index >= 15 is 0 Å². The van der Waals surface area contributed by atoms with Crippen LogP contribution in [0.4, 0.5) is 10.2 Å². The van der Waals surface area contributed by atoms with E-state index < -0.39 is 5.82 Å². The van der Waals surface area contributed by atoms with Crippen LogP contribution in [0, 0.1) is 18.2 Å². The fourth-order valence-corrected chi connectivity index (χ4v) is 1.95. The molecule has 3 heteroatoms. The van der Waals surface area contributed by atoms with E-state index in [4.69, 9.17) is 12.2 Å². The number of nitrogens with two attached hydrogens (primary N) is 1. The number of terminal acetylenes is 1. The lowest BCUT2D eigenvalue weighted by atomic mass is 9.95. The summed E-state index contributed by atoms with van der Waals surface area (Å²) in [5.41, 5.74) is 7.57. The second kappa shape index (κ2) is 4.06. The number of fused-ring (bicyclic) bond motifs is 1. The van der Waals surface area contributed by atoms with Crippen molar-refractivity contribution in [3.63, 3.8) is 0 Å². The van der Waals surface area contributed by atoms with Crippen LogP contribution in [0.2, 0.25) is 0 Å². The predicted molar refractivity (Wildman–Crippen MR) is 68.1 cm³/mol. The van der Waals surface area contributed by atoms with E-state index in [9.17, 15) is 4.39 Å². The molecule has 17 heavy (non-hydrogen) atoms. The lowest BCUT2D eigenvalue weighted by Crippen LogP contribution is -2.00. The molecule has 1 aromatic carbocycles. The number of nitrogens with zero attached hydrogens (tertiary/aromatic N) is 1. The fourth-order valence-electron chi connectivity index (χ4n) is 1.95. The molecule has 0 unspecified atom stereocenters. The minimum absolute atomic E-state index is 0.205. The van der Waals surface area contributed by atoms with E-state index in [-0.39, 0.29) is 11.5 Å². The van der Waals surface area contributed by atoms with Gasteiger partial charge in [0.2, 0.25) is 0 Å². The van der Waals surface area contributed by atoms with Crippen molar-refractivity contribution in [3.8, 4) is 12.3 Å². The smallest absolute Gasteiger partial charge is 0.139 e. The molecule has 0 aliphatic carbocycles. The first kappa shape index (κ1) is 11.4. The molecule has 2 rings (SSSR count). The number of hydrogen-bond acceptors (Lipinski definition) is 2. The Labute approximate surface area is 99.7 Å². The van der Waals surface area contributed by atoms with Crippen LogP contribution in [0.3, 0.4) is 0 Å². The predicted octanol–water partition coefficient (Wildman–Crippen LogP) is 3.06. The SMILES string of the molecule is C#Cc1c(F)ccc2nc(N)cc(C(C)C)c12. The molecule has 2 nitrogen and oxygen atoms in total. The quantitative estimate of drug-likeness (QED) is 0.762. The second-order valence-electron chi connectivity index (χ2n) is 4.25. The van der Waals surface area contributed by atoms with Crippen molar-refractivity contribution in [2.75, 3.05) is 5.73 Å². The summed E-state index contributed by atoms with van der Waals surface area (Å²) in [7, 11) is 0. The number of nitrogen functional groups attached to an aromatic ring is 1. The summed E-state index contributed by atoms with van der Waals surface area (Å²) < 4.78 is 13.7. The highest BCUT2D eigenvalue weighted by molar-refractivity contribution is 5.90. The standard InChI is InChI=1S/C14H13FN2/c1-4-9-11(15)5-6-12-14(9)10(8(2)3)7-13(16)17-12/h1,5-8H,2-3H3,(H2,16,17). The van der Waals surface area contributed by atoms with Gasteiger partial charge in [-0.2, -0.15) is 0 Å². The Hall–Kier alpha value is -2.08. The van der Waals surface area contributed by atoms with Crippen LogP contribution in [-0.4, -0.2) is 4.98 Å². The molecule has 0 bridgehead atoms. The van der Waals surface area contributed by atoms with Crippen LogP contribution in [0.1, 0.15) is 30.9 Å². The van der Waals surface area contributed by atoms with Crippen molar-refractivity contribution in [1.82, 2.24) is 4.98 Å². The molecule has 0 spiro atoms. The molecule has 2 N–H and O–H groups in total. The molecule has 0 aliphatic heterocycles. The van der Waals surface area contributed by atoms with Crippen molar-refractivity contribution < 1.29 is 4.39 Å². The molecule has 1 aromatic heterocycles. The average Bonchev–Trinajstić information content (AvgIpc) is 2.28. The molecule has 0 aliphatic rings. The van der Waals surface area contributed by atoms with Gasteiger partial charge in [0.1, 0.15) is 11.6 Å². The van der Waals surface area contributed by atoms with Gasteiger partial charge in [-0.25, -0.2) is 9.37 Å². The van der Waals surface area contributed by atoms with Crippen LogP contribution < -0.4 is 5.73 Å². The number of aromatic nitrogens is 1. The normalized spacial score (nSPS) is 10.8. The summed E-state index contributed by atoms with van der Waals surface area (Å²) >= 11 is 0. The monoisotopic (exact) mass is 228 g/mol. The van der Waals surface area contributed by atoms with Gasteiger partial charge < -0.3 is 5.73 Å². The first-order valence-corrected chi connectivity index (χ1v) is 5.39. The third-order valence-electron chi connectivity index (χ3n) is 2.74. The van der Waals surface area contributed by atoms with Crippen molar-refractivity contribution in [2.45, 2.75) is 19.8 Å². The highest BCUT2D eigenvalue weighted by Crippen LogP contribution is 2.29. The van der Waals surface area contributed by atoms with Crippen LogP contribution >= 0.6 is 0 Å². The summed E-state index contributed by atoms with van der Waals surface area (Å²) in [6.45, 7) is 4.03. The first-order chi connectivity index (χ1) is 8.04. The Kier molecular flexibility index (Phi) is 2.72. The first-order valence-electron chi connectivity index (χ1n) is 5.39. The average molecular weight is 228 g/mol. The molecular formula is C14H13FN2. The Morgan fingerprint density at radius 1 is 1.41 bits per heavy atom. The van der Waals surface area contributed by atoms with E-state index in [1.165, 1.54) is 6.07 Å². The molecule has 0 radical (unpaired) electrons. The fraction of sp³-hybridized carbons (Fsp3) is 0.214. The summed E-state index contributed by atoms with van der Waals surface area (Å²) in [6.07, 6.45) is 5.37. The van der Waals surface area contributed by atoms with Gasteiger partial charge in [0, 0.05) is 5.39 Å². The highest BCUT2D eigenvalue weighted by Gasteiger charge is 2.13. The minimum Gasteiger partial charge on any atom is -0.384 e. The third kappa shape index (κ3) is 1.83. The van der Waals surface area contributed by atoms with Gasteiger partial charge in [-0.05, 0) is 29.7 Å². The molecule has 2 aromatic rings. The van der Waals surface area contributed by atoms with Gasteiger partial charge in [-0.15, -0.1) is 6.42 Å². The van der Waals surface area contributed by atoms with Gasteiger partial charge >= 0.3 is 0 Å². The zero-order valence-corrected chi connectivity index (χ0v) is 9.79. The molecular weight excluding hydrogens is 215 g/mol. The zero-order chi connectivity index (χ0) is 12.6. The maximum absolute atomic E-state index is 13.7. The summed E-state index contributed by atoms with van der Waals surface area (Å²) in [5.74, 6) is 2.63. The van der Waals surface area contributed by atoms with E-state index in [1.807, 2.05) is 13.8 Å². The lowest BCUT2D eigenvalue weighted by Gasteiger charge is -2.12. The third-order valence-corrected chi connectivity index (χ3v) is 2.74. The molecule has 0 saturated heterocycles. The maximum Gasteiger partial charge on any atom is 0.139 e. The van der Waals surface area contributed by atoms with E-state index in [0.717, 1.165) is 5.56 Å². The summed E-state index contributed by atoms with van der Waals surface area (Å²) in [4.78, 5) is 4.18. The van der Waals surface area contributed by atoms with Gasteiger partial charge in [-0.3, -0.25) is 0 Å². The Morgan fingerprint density at radius 3 is 2.71 bits per heavy atom. The van der Waals surface area contributed by atoms with Crippen molar-refractivity contribution >= 4 is 16.7 Å². The lowest BCUT2D eigenvalue weighted by molar-refractivity contribution is 0.626. The van der Waals surface area contributed by atoms with Crippen molar-refractivity contribution in [2.24, 2.45) is 0 Å². The Balaban J connectivity index is 2.98. The highest BCUT2D eigenvalue weighted by atomic mass is 19.1. The van der Waals surface area contributed by atoms with Gasteiger partial charge in [0.25, 0.3) is 0 Å². The molecule has 86 valence electrons. The number of anilines is 1. The Bertz CT molecular complexity index is 624. The molecule has 0 saturated carbocycles. The van der Waals surface area contributed by atoms with Gasteiger partial charge in [-0.1, -0.05) is 19.8 Å². The summed E-state index contributed by atoms with van der Waals surface area (Å²) in [5, 5.41) is 0.691.